The SMILES string of the molecule is C=C/C=C\C(=C/C)N(c1ccc(-n2c3ccccc3c3ccc(-c4cccc(Nc5ccccc5)c4C(=C)/C=C\C=C/C)cc32)cc1)c1ccc2ccccc2c1. The molecule has 0 aliphatic rings. The molecule has 0 fully saturated rings. The van der Waals surface area contributed by atoms with E-state index >= 15 is 0 Å². The molecule has 1 N–H and O–H groups in total. The Labute approximate surface area is 335 Å². The van der Waals surface area contributed by atoms with E-state index in [-0.39, 0.29) is 0 Å². The molecule has 0 aliphatic heterocycles. The predicted molar refractivity (Wildman–Crippen MR) is 248 cm³/mol. The molecule has 0 spiro atoms. The molecule has 0 saturated heterocycles. The third-order valence-electron chi connectivity index (χ3n) is 10.3. The lowest BCUT2D eigenvalue weighted by Gasteiger charge is -2.27. The number of aromatic nitrogens is 1. The molecule has 8 aromatic rings. The summed E-state index contributed by atoms with van der Waals surface area (Å²) in [7, 11) is 0. The summed E-state index contributed by atoms with van der Waals surface area (Å²) in [6, 6.07) is 56.3. The van der Waals surface area contributed by atoms with Crippen LogP contribution >= 0.6 is 0 Å². The van der Waals surface area contributed by atoms with E-state index in [2.05, 4.69) is 193 Å². The van der Waals surface area contributed by atoms with Gasteiger partial charge < -0.3 is 14.8 Å². The largest absolute Gasteiger partial charge is 0.355 e. The van der Waals surface area contributed by atoms with Gasteiger partial charge in [0.2, 0.25) is 0 Å². The highest BCUT2D eigenvalue weighted by Crippen LogP contribution is 2.41. The van der Waals surface area contributed by atoms with Crippen molar-refractivity contribution in [3.8, 4) is 16.8 Å². The third kappa shape index (κ3) is 7.39. The van der Waals surface area contributed by atoms with Gasteiger partial charge in [-0.3, -0.25) is 0 Å². The molecule has 1 heterocycles. The lowest BCUT2D eigenvalue weighted by Crippen LogP contribution is -2.15. The van der Waals surface area contributed by atoms with Crippen LogP contribution in [0.25, 0.3) is 55.0 Å². The first-order valence-electron chi connectivity index (χ1n) is 19.4. The maximum atomic E-state index is 4.56. The Morgan fingerprint density at radius 2 is 1.35 bits per heavy atom. The fourth-order valence-corrected chi connectivity index (χ4v) is 7.68. The smallest absolute Gasteiger partial charge is 0.0547 e. The first-order chi connectivity index (χ1) is 28.1. The molecular formula is C54H45N3. The molecule has 0 bridgehead atoms. The van der Waals surface area contributed by atoms with Crippen molar-refractivity contribution in [1.29, 1.82) is 0 Å². The summed E-state index contributed by atoms with van der Waals surface area (Å²) in [6.45, 7) is 12.6. The van der Waals surface area contributed by atoms with Crippen LogP contribution in [0, 0.1) is 0 Å². The van der Waals surface area contributed by atoms with Gasteiger partial charge in [0.25, 0.3) is 0 Å². The second-order valence-electron chi connectivity index (χ2n) is 13.9. The monoisotopic (exact) mass is 735 g/mol. The zero-order valence-electron chi connectivity index (χ0n) is 32.4. The normalized spacial score (nSPS) is 12.1. The van der Waals surface area contributed by atoms with Crippen LogP contribution in [-0.2, 0) is 0 Å². The minimum absolute atomic E-state index is 0.928. The van der Waals surface area contributed by atoms with Crippen LogP contribution in [0.1, 0.15) is 19.4 Å². The van der Waals surface area contributed by atoms with Crippen LogP contribution in [0.3, 0.4) is 0 Å². The van der Waals surface area contributed by atoms with Gasteiger partial charge in [0, 0.05) is 50.5 Å². The number of fused-ring (bicyclic) bond motifs is 4. The lowest BCUT2D eigenvalue weighted by atomic mass is 9.92. The Balaban J connectivity index is 1.27. The minimum Gasteiger partial charge on any atom is -0.355 e. The molecule has 3 heteroatoms. The molecule has 3 nitrogen and oxygen atoms in total. The molecule has 8 rings (SSSR count). The molecule has 57 heavy (non-hydrogen) atoms. The number of nitrogens with one attached hydrogen (secondary N) is 1. The van der Waals surface area contributed by atoms with Gasteiger partial charge in [-0.25, -0.2) is 0 Å². The van der Waals surface area contributed by atoms with Crippen molar-refractivity contribution in [2.45, 2.75) is 13.8 Å². The molecule has 1 aromatic heterocycles. The number of nitrogens with zero attached hydrogens (tertiary/aromatic N) is 2. The van der Waals surface area contributed by atoms with Gasteiger partial charge in [0.15, 0.2) is 0 Å². The summed E-state index contributed by atoms with van der Waals surface area (Å²) in [5, 5.41) is 8.50. The lowest BCUT2D eigenvalue weighted by molar-refractivity contribution is 1.16. The Morgan fingerprint density at radius 3 is 2.14 bits per heavy atom. The van der Waals surface area contributed by atoms with Gasteiger partial charge in [0.1, 0.15) is 0 Å². The topological polar surface area (TPSA) is 20.2 Å². The van der Waals surface area contributed by atoms with Gasteiger partial charge >= 0.3 is 0 Å². The van der Waals surface area contributed by atoms with Gasteiger partial charge in [-0.05, 0) is 114 Å². The molecule has 0 unspecified atom stereocenters. The maximum absolute atomic E-state index is 4.56. The van der Waals surface area contributed by atoms with Crippen molar-refractivity contribution in [2.75, 3.05) is 10.2 Å². The Kier molecular flexibility index (Phi) is 10.6. The van der Waals surface area contributed by atoms with Crippen molar-refractivity contribution >= 4 is 60.9 Å². The second-order valence-corrected chi connectivity index (χ2v) is 13.9. The van der Waals surface area contributed by atoms with Gasteiger partial charge in [-0.15, -0.1) is 0 Å². The van der Waals surface area contributed by atoms with E-state index in [0.29, 0.717) is 0 Å². The van der Waals surface area contributed by atoms with Crippen molar-refractivity contribution in [2.24, 2.45) is 0 Å². The van der Waals surface area contributed by atoms with Crippen LogP contribution in [0.5, 0.6) is 0 Å². The van der Waals surface area contributed by atoms with E-state index in [4.69, 9.17) is 0 Å². The molecule has 276 valence electrons. The highest BCUT2D eigenvalue weighted by Gasteiger charge is 2.18. The second kappa shape index (κ2) is 16.6. The summed E-state index contributed by atoms with van der Waals surface area (Å²) in [4.78, 5) is 2.30. The average molecular weight is 736 g/mol. The van der Waals surface area contributed by atoms with Crippen molar-refractivity contribution in [3.05, 3.63) is 231 Å². The number of allylic oxidation sites excluding steroid dienone is 9. The Morgan fingerprint density at radius 1 is 0.614 bits per heavy atom. The average Bonchev–Trinajstić information content (AvgIpc) is 3.59. The zero-order chi connectivity index (χ0) is 39.1. The molecule has 7 aromatic carbocycles. The molecule has 0 amide bonds. The van der Waals surface area contributed by atoms with E-state index in [9.17, 15) is 0 Å². The van der Waals surface area contributed by atoms with Crippen LogP contribution in [0.15, 0.2) is 225 Å². The number of rotatable bonds is 12. The first-order valence-corrected chi connectivity index (χ1v) is 19.4. The zero-order valence-corrected chi connectivity index (χ0v) is 32.4. The standard InChI is InChI=1S/C54H45N3/c1-5-8-11-19-39(4)54-48(26-18-27-51(54)55-43-22-12-10-13-23-43)42-30-36-50-49-25-16-17-28-52(49)57(53(50)38-42)46-34-32-45(33-35-46)56(44(7-3)24-9-6-2)47-31-29-40-20-14-15-21-41(40)37-47/h5-38,55H,2,4H2,1,3H3/b8-5-,19-11-,24-9-,44-7+. The first kappa shape index (κ1) is 36.6. The molecule has 0 aliphatic carbocycles. The number of hydrogen-bond donors (Lipinski definition) is 1. The summed E-state index contributed by atoms with van der Waals surface area (Å²) in [5.74, 6) is 0. The number of hydrogen-bond acceptors (Lipinski definition) is 2. The van der Waals surface area contributed by atoms with E-state index in [1.54, 1.807) is 0 Å². The van der Waals surface area contributed by atoms with Crippen LogP contribution in [-0.4, -0.2) is 4.57 Å². The van der Waals surface area contributed by atoms with Crippen molar-refractivity contribution in [3.63, 3.8) is 0 Å². The van der Waals surface area contributed by atoms with Crippen molar-refractivity contribution < 1.29 is 0 Å². The van der Waals surface area contributed by atoms with Crippen LogP contribution in [0.4, 0.5) is 22.7 Å². The quantitative estimate of drug-likeness (QED) is 0.126. The predicted octanol–water partition coefficient (Wildman–Crippen LogP) is 15.3. The number of anilines is 4. The fourth-order valence-electron chi connectivity index (χ4n) is 7.68. The summed E-state index contributed by atoms with van der Waals surface area (Å²) >= 11 is 0. The molecular weight excluding hydrogens is 691 g/mol. The molecule has 0 atom stereocenters. The Bertz CT molecular complexity index is 2860. The maximum Gasteiger partial charge on any atom is 0.0547 e. The summed E-state index contributed by atoms with van der Waals surface area (Å²) in [5.41, 5.74) is 12.8. The summed E-state index contributed by atoms with van der Waals surface area (Å²) < 4.78 is 2.39. The Hall–Kier alpha value is -7.36. The minimum atomic E-state index is 0.928. The molecule has 0 radical (unpaired) electrons. The summed E-state index contributed by atoms with van der Waals surface area (Å²) in [6.07, 6.45) is 16.2. The third-order valence-corrected chi connectivity index (χ3v) is 10.3. The van der Waals surface area contributed by atoms with Gasteiger partial charge in [-0.2, -0.15) is 0 Å². The van der Waals surface area contributed by atoms with Crippen molar-refractivity contribution in [1.82, 2.24) is 4.57 Å². The number of benzene rings is 7. The van der Waals surface area contributed by atoms with E-state index in [1.807, 2.05) is 55.5 Å². The fraction of sp³-hybridized carbons (Fsp3) is 0.0370. The van der Waals surface area contributed by atoms with E-state index in [1.165, 1.54) is 21.5 Å². The van der Waals surface area contributed by atoms with Crippen LogP contribution in [0.2, 0.25) is 0 Å². The highest BCUT2D eigenvalue weighted by atomic mass is 15.1. The molecule has 0 saturated carbocycles. The van der Waals surface area contributed by atoms with Gasteiger partial charge in [0.05, 0.1) is 11.0 Å². The highest BCUT2D eigenvalue weighted by molar-refractivity contribution is 6.10. The van der Waals surface area contributed by atoms with Crippen LogP contribution < -0.4 is 10.2 Å². The van der Waals surface area contributed by atoms with E-state index in [0.717, 1.165) is 67.4 Å². The van der Waals surface area contributed by atoms with E-state index < -0.39 is 0 Å². The van der Waals surface area contributed by atoms with Gasteiger partial charge in [-0.1, -0.05) is 147 Å². The number of para-hydroxylation sites is 2.